The number of carbonyl (C=O) groups is 2. The van der Waals surface area contributed by atoms with Gasteiger partial charge in [-0.15, -0.1) is 0 Å². The lowest BCUT2D eigenvalue weighted by Crippen LogP contribution is -2.34. The maximum atomic E-state index is 12.2. The van der Waals surface area contributed by atoms with Crippen LogP contribution in [0.25, 0.3) is 0 Å². The third kappa shape index (κ3) is 5.61. The first-order valence-corrected chi connectivity index (χ1v) is 8.98. The van der Waals surface area contributed by atoms with E-state index in [0.29, 0.717) is 12.2 Å². The molecule has 0 aliphatic rings. The van der Waals surface area contributed by atoms with Gasteiger partial charge < -0.3 is 10.6 Å². The number of sulfonamides is 1. The van der Waals surface area contributed by atoms with E-state index in [1.54, 1.807) is 36.4 Å². The number of nitrogens with one attached hydrogen (secondary N) is 3. The van der Waals surface area contributed by atoms with Gasteiger partial charge in [-0.3, -0.25) is 4.79 Å². The minimum absolute atomic E-state index is 0.0434. The van der Waals surface area contributed by atoms with Crippen LogP contribution in [0.15, 0.2) is 53.4 Å². The molecule has 2 aromatic rings. The summed E-state index contributed by atoms with van der Waals surface area (Å²) >= 11 is 0. The van der Waals surface area contributed by atoms with Gasteiger partial charge in [0.05, 0.1) is 4.90 Å². The number of rotatable bonds is 5. The third-order valence-electron chi connectivity index (χ3n) is 3.31. The van der Waals surface area contributed by atoms with Gasteiger partial charge >= 0.3 is 6.03 Å². The highest BCUT2D eigenvalue weighted by atomic mass is 32.2. The van der Waals surface area contributed by atoms with Crippen LogP contribution >= 0.6 is 0 Å². The Bertz CT molecular complexity index is 860. The van der Waals surface area contributed by atoms with Gasteiger partial charge in [0.15, 0.2) is 0 Å². The quantitative estimate of drug-likeness (QED) is 0.759. The van der Waals surface area contributed by atoms with E-state index in [-0.39, 0.29) is 10.8 Å². The zero-order valence-corrected chi connectivity index (χ0v) is 14.7. The average Bonchev–Trinajstić information content (AvgIpc) is 2.55. The van der Waals surface area contributed by atoms with Gasteiger partial charge in [0, 0.05) is 19.2 Å². The topological polar surface area (TPSA) is 104 Å². The van der Waals surface area contributed by atoms with Crippen LogP contribution in [0.4, 0.5) is 10.5 Å². The first kappa shape index (κ1) is 18.5. The van der Waals surface area contributed by atoms with Crippen molar-refractivity contribution in [3.05, 3.63) is 59.7 Å². The molecule has 0 saturated carbocycles. The van der Waals surface area contributed by atoms with Gasteiger partial charge in [0.25, 0.3) is 10.0 Å². The minimum Gasteiger partial charge on any atom is -0.352 e. The van der Waals surface area contributed by atoms with Crippen LogP contribution < -0.4 is 15.4 Å². The Hall–Kier alpha value is -2.87. The van der Waals surface area contributed by atoms with Gasteiger partial charge in [-0.05, 0) is 36.8 Å². The van der Waals surface area contributed by atoms with Crippen LogP contribution in [-0.2, 0) is 21.4 Å². The molecule has 0 saturated heterocycles. The number of benzene rings is 2. The van der Waals surface area contributed by atoms with Gasteiger partial charge in [-0.25, -0.2) is 17.9 Å². The molecule has 0 aromatic heterocycles. The zero-order valence-electron chi connectivity index (χ0n) is 13.9. The smallest absolute Gasteiger partial charge is 0.333 e. The molecule has 0 unspecified atom stereocenters. The van der Waals surface area contributed by atoms with Crippen molar-refractivity contribution in [2.45, 2.75) is 25.3 Å². The summed E-state index contributed by atoms with van der Waals surface area (Å²) in [5, 5.41) is 5.08. The van der Waals surface area contributed by atoms with Crippen molar-refractivity contribution in [3.8, 4) is 0 Å². The third-order valence-corrected chi connectivity index (χ3v) is 4.66. The molecular formula is C17H19N3O4S. The fourth-order valence-electron chi connectivity index (χ4n) is 1.99. The molecule has 3 amide bonds. The lowest BCUT2D eigenvalue weighted by molar-refractivity contribution is -0.119. The van der Waals surface area contributed by atoms with Crippen molar-refractivity contribution in [2.75, 3.05) is 5.32 Å². The van der Waals surface area contributed by atoms with Crippen molar-refractivity contribution < 1.29 is 18.0 Å². The van der Waals surface area contributed by atoms with E-state index < -0.39 is 16.1 Å². The van der Waals surface area contributed by atoms with Crippen LogP contribution in [-0.4, -0.2) is 20.4 Å². The lowest BCUT2D eigenvalue weighted by atomic mass is 10.2. The molecule has 2 rings (SSSR count). The Balaban J connectivity index is 2.01. The lowest BCUT2D eigenvalue weighted by Gasteiger charge is -2.09. The number of amides is 3. The van der Waals surface area contributed by atoms with Crippen molar-refractivity contribution >= 4 is 27.6 Å². The molecule has 3 N–H and O–H groups in total. The Labute approximate surface area is 146 Å². The second-order valence-corrected chi connectivity index (χ2v) is 7.16. The molecule has 0 heterocycles. The van der Waals surface area contributed by atoms with E-state index in [1.165, 1.54) is 19.1 Å². The molecule has 0 fully saturated rings. The molecule has 7 nitrogen and oxygen atoms in total. The molecule has 0 aliphatic heterocycles. The number of anilines is 1. The first-order chi connectivity index (χ1) is 11.8. The summed E-state index contributed by atoms with van der Waals surface area (Å²) in [6.45, 7) is 3.61. The van der Waals surface area contributed by atoms with Crippen LogP contribution in [0.5, 0.6) is 0 Å². The Kier molecular flexibility index (Phi) is 5.76. The Morgan fingerprint density at radius 1 is 0.960 bits per heavy atom. The zero-order chi connectivity index (χ0) is 18.4. The molecule has 25 heavy (non-hydrogen) atoms. The maximum absolute atomic E-state index is 12.2. The summed E-state index contributed by atoms with van der Waals surface area (Å²) in [7, 11) is -3.99. The fourth-order valence-corrected chi connectivity index (χ4v) is 2.89. The number of hydrogen-bond donors (Lipinski definition) is 3. The Morgan fingerprint density at radius 3 is 2.12 bits per heavy atom. The van der Waals surface area contributed by atoms with Gasteiger partial charge in [-0.2, -0.15) is 0 Å². The van der Waals surface area contributed by atoms with Gasteiger partial charge in [0.1, 0.15) is 0 Å². The van der Waals surface area contributed by atoms with Crippen LogP contribution in [0, 0.1) is 6.92 Å². The van der Waals surface area contributed by atoms with Crippen LogP contribution in [0.2, 0.25) is 0 Å². The van der Waals surface area contributed by atoms with Crippen molar-refractivity contribution in [1.82, 2.24) is 10.0 Å². The van der Waals surface area contributed by atoms with Gasteiger partial charge in [-0.1, -0.05) is 29.8 Å². The molecule has 2 aromatic carbocycles. The monoisotopic (exact) mass is 361 g/mol. The molecule has 0 aliphatic carbocycles. The molecular weight excluding hydrogens is 342 g/mol. The molecule has 0 bridgehead atoms. The van der Waals surface area contributed by atoms with E-state index in [2.05, 4.69) is 10.6 Å². The predicted molar refractivity (Wildman–Crippen MR) is 94.5 cm³/mol. The summed E-state index contributed by atoms with van der Waals surface area (Å²) in [6.07, 6.45) is 0. The molecule has 0 atom stereocenters. The minimum atomic E-state index is -3.99. The van der Waals surface area contributed by atoms with E-state index in [4.69, 9.17) is 0 Å². The van der Waals surface area contributed by atoms with Crippen molar-refractivity contribution in [1.29, 1.82) is 0 Å². The highest BCUT2D eigenvalue weighted by Gasteiger charge is 2.17. The van der Waals surface area contributed by atoms with Crippen molar-refractivity contribution in [3.63, 3.8) is 0 Å². The maximum Gasteiger partial charge on any atom is 0.333 e. The van der Waals surface area contributed by atoms with E-state index in [0.717, 1.165) is 11.1 Å². The SMILES string of the molecule is CC(=O)NCc1ccc(S(=O)(=O)NC(=O)Nc2ccc(C)cc2)cc1. The summed E-state index contributed by atoms with van der Waals surface area (Å²) in [5.74, 6) is -0.175. The number of urea groups is 1. The van der Waals surface area contributed by atoms with E-state index >= 15 is 0 Å². The molecule has 0 spiro atoms. The summed E-state index contributed by atoms with van der Waals surface area (Å²) < 4.78 is 26.4. The molecule has 132 valence electrons. The Morgan fingerprint density at radius 2 is 1.56 bits per heavy atom. The number of carbonyl (C=O) groups excluding carboxylic acids is 2. The largest absolute Gasteiger partial charge is 0.352 e. The van der Waals surface area contributed by atoms with E-state index in [9.17, 15) is 18.0 Å². The highest BCUT2D eigenvalue weighted by molar-refractivity contribution is 7.90. The standard InChI is InChI=1S/C17H19N3O4S/c1-12-3-7-15(8-4-12)19-17(22)20-25(23,24)16-9-5-14(6-10-16)11-18-13(2)21/h3-10H,11H2,1-2H3,(H,18,21)(H2,19,20,22). The molecule has 0 radical (unpaired) electrons. The summed E-state index contributed by atoms with van der Waals surface area (Å²) in [6, 6.07) is 12.0. The van der Waals surface area contributed by atoms with Crippen molar-refractivity contribution in [2.24, 2.45) is 0 Å². The normalized spacial score (nSPS) is 10.8. The summed E-state index contributed by atoms with van der Waals surface area (Å²) in [5.41, 5.74) is 2.26. The predicted octanol–water partition coefficient (Wildman–Crippen LogP) is 2.14. The fraction of sp³-hybridized carbons (Fsp3) is 0.176. The second kappa shape index (κ2) is 7.80. The second-order valence-electron chi connectivity index (χ2n) is 5.48. The number of aryl methyl sites for hydroxylation is 1. The van der Waals surface area contributed by atoms with E-state index in [1.807, 2.05) is 11.6 Å². The highest BCUT2D eigenvalue weighted by Crippen LogP contribution is 2.12. The van der Waals surface area contributed by atoms with Gasteiger partial charge in [0.2, 0.25) is 5.91 Å². The molecule has 8 heteroatoms. The number of hydrogen-bond acceptors (Lipinski definition) is 4. The average molecular weight is 361 g/mol. The van der Waals surface area contributed by atoms with Crippen LogP contribution in [0.3, 0.4) is 0 Å². The first-order valence-electron chi connectivity index (χ1n) is 7.50. The van der Waals surface area contributed by atoms with Crippen LogP contribution in [0.1, 0.15) is 18.1 Å². The summed E-state index contributed by atoms with van der Waals surface area (Å²) in [4.78, 5) is 22.7.